The zero-order valence-electron chi connectivity index (χ0n) is 2.12. The van der Waals surface area contributed by atoms with Crippen molar-refractivity contribution in [3.8, 4) is 0 Å². The molecular weight excluding hydrogens is 514 g/mol. The van der Waals surface area contributed by atoms with Crippen LogP contribution in [0.15, 0.2) is 0 Å². The first-order valence-corrected chi connectivity index (χ1v) is 19.2. The summed E-state index contributed by atoms with van der Waals surface area (Å²) in [5.41, 5.74) is 0. The van der Waals surface area contributed by atoms with Gasteiger partial charge in [-0.05, 0) is 0 Å². The molecule has 0 amide bonds. The van der Waals surface area contributed by atoms with Crippen LogP contribution in [0.3, 0.4) is 0 Å². The van der Waals surface area contributed by atoms with E-state index in [0.717, 1.165) is 0 Å². The predicted molar refractivity (Wildman–Crippen MR) is 34.3 cm³/mol. The topological polar surface area (TPSA) is 0 Å². The van der Waals surface area contributed by atoms with Gasteiger partial charge < -0.3 is 0 Å². The Balaban J connectivity index is 2.65. The second-order valence-electron chi connectivity index (χ2n) is 0.231. The van der Waals surface area contributed by atoms with Crippen molar-refractivity contribution in [2.45, 2.75) is 0 Å². The normalized spacial score (nSPS) is 6.40. The summed E-state index contributed by atoms with van der Waals surface area (Å²) in [4.78, 5) is 0. The Morgan fingerprint density at radius 1 is 1.20 bits per heavy atom. The van der Waals surface area contributed by atoms with Gasteiger partial charge in [-0.3, -0.25) is 0 Å². The Hall–Kier alpha value is 2.56. The van der Waals surface area contributed by atoms with E-state index in [1.54, 1.807) is 0 Å². The standard InChI is InChI=1S/2Bi.3S. The van der Waals surface area contributed by atoms with E-state index in [2.05, 4.69) is 0 Å². The molecule has 0 spiro atoms. The molecule has 0 radical (unpaired) electrons. The van der Waals surface area contributed by atoms with Crippen LogP contribution in [0.4, 0.5) is 0 Å². The van der Waals surface area contributed by atoms with E-state index in [9.17, 15) is 0 Å². The van der Waals surface area contributed by atoms with Gasteiger partial charge in [-0.25, -0.2) is 0 Å². The van der Waals surface area contributed by atoms with Crippen LogP contribution in [0.25, 0.3) is 0 Å². The fourth-order valence-corrected chi connectivity index (χ4v) is 28.3. The van der Waals surface area contributed by atoms with Gasteiger partial charge in [0.05, 0.1) is 0 Å². The number of hydrogen-bond donors (Lipinski definition) is 0. The minimum atomic E-state index is -0.389. The Kier molecular flexibility index (Phi) is 9.91. The maximum absolute atomic E-state index is 4.77. The summed E-state index contributed by atoms with van der Waals surface area (Å²) in [6, 6.07) is 0. The van der Waals surface area contributed by atoms with Crippen LogP contribution >= 0.6 is 23.0 Å². The molecule has 5 heavy (non-hydrogen) atoms. The number of rotatable bonds is 2. The molecule has 0 aliphatic rings. The third-order valence-electron chi connectivity index (χ3n) is 0.0667. The van der Waals surface area contributed by atoms with Crippen LogP contribution < -0.4 is 0 Å². The van der Waals surface area contributed by atoms with Crippen LogP contribution in [0.1, 0.15) is 0 Å². The van der Waals surface area contributed by atoms with E-state index in [1.165, 1.54) is 0 Å². The Morgan fingerprint density at radius 2 is 1.60 bits per heavy atom. The minimum absolute atomic E-state index is 0.389. The second-order valence-corrected chi connectivity index (χ2v) is 30.6. The molecule has 0 nitrogen and oxygen atoms in total. The van der Waals surface area contributed by atoms with Crippen molar-refractivity contribution in [1.82, 2.24) is 0 Å². The van der Waals surface area contributed by atoms with Crippen molar-refractivity contribution >= 4 is 62.4 Å². The van der Waals surface area contributed by atoms with Gasteiger partial charge in [0.25, 0.3) is 0 Å². The Labute approximate surface area is 61.0 Å². The summed E-state index contributed by atoms with van der Waals surface area (Å²) in [7, 11) is 9.55. The van der Waals surface area contributed by atoms with Gasteiger partial charge >= 0.3 is 62.4 Å². The van der Waals surface area contributed by atoms with Crippen LogP contribution in [-0.4, -0.2) is 39.5 Å². The number of hydrogen-bond acceptors (Lipinski definition) is 3. The van der Waals surface area contributed by atoms with Crippen molar-refractivity contribution < 1.29 is 0 Å². The molecular formula is Bi2S3. The first-order valence-electron chi connectivity index (χ1n) is 0.730. The first kappa shape index (κ1) is 7.56. The Bertz CT molecular complexity index is 34.2. The van der Waals surface area contributed by atoms with E-state index < -0.39 is 0 Å². The molecule has 0 aromatic carbocycles. The van der Waals surface area contributed by atoms with Gasteiger partial charge in [0, 0.05) is 0 Å². The van der Waals surface area contributed by atoms with E-state index >= 15 is 0 Å². The van der Waals surface area contributed by atoms with Crippen LogP contribution in [-0.2, 0) is 0 Å². The van der Waals surface area contributed by atoms with Crippen molar-refractivity contribution in [1.29, 1.82) is 0 Å². The summed E-state index contributed by atoms with van der Waals surface area (Å²) >= 11 is -0.778. The predicted octanol–water partition coefficient (Wildman–Crippen LogP) is 1.18. The molecule has 28 valence electrons. The third-order valence-corrected chi connectivity index (χ3v) is 46.2. The van der Waals surface area contributed by atoms with Crippen LogP contribution in [0, 0.1) is 0 Å². The zero-order valence-corrected chi connectivity index (χ0v) is 11.5. The molecule has 0 unspecified atom stereocenters. The average Bonchev–Trinajstić information content (AvgIpc) is 1.41. The molecule has 0 aromatic heterocycles. The molecule has 0 rings (SSSR count). The van der Waals surface area contributed by atoms with Gasteiger partial charge in [0.15, 0.2) is 0 Å². The van der Waals surface area contributed by atoms with Gasteiger partial charge in [-0.1, -0.05) is 0 Å². The molecule has 0 fully saturated rings. The molecule has 0 atom stereocenters. The van der Waals surface area contributed by atoms with E-state index in [1.807, 2.05) is 5.27 Å². The molecule has 0 saturated carbocycles. The van der Waals surface area contributed by atoms with E-state index in [-0.39, 0.29) is 39.5 Å². The molecule has 0 N–H and O–H groups in total. The molecule has 0 aromatic rings. The van der Waals surface area contributed by atoms with Gasteiger partial charge in [0.1, 0.15) is 0 Å². The second kappa shape index (κ2) is 6.56. The quantitative estimate of drug-likeness (QED) is 0.509. The van der Waals surface area contributed by atoms with Crippen LogP contribution in [0.2, 0.25) is 0 Å². The Morgan fingerprint density at radius 3 is 1.60 bits per heavy atom. The third kappa shape index (κ3) is 6.56. The molecule has 0 bridgehead atoms. The first-order chi connectivity index (χ1) is 2.41. The summed E-state index contributed by atoms with van der Waals surface area (Å²) in [6.07, 6.45) is 0. The van der Waals surface area contributed by atoms with Crippen molar-refractivity contribution in [2.75, 3.05) is 0 Å². The summed E-state index contributed by atoms with van der Waals surface area (Å²) < 4.78 is 0. The molecule has 0 aliphatic carbocycles. The fraction of sp³-hybridized carbons (Fsp3) is 0. The van der Waals surface area contributed by atoms with Gasteiger partial charge in [0.2, 0.25) is 0 Å². The van der Waals surface area contributed by atoms with E-state index in [4.69, 9.17) is 17.7 Å². The van der Waals surface area contributed by atoms with Crippen molar-refractivity contribution in [2.24, 2.45) is 0 Å². The molecule has 0 saturated heterocycles. The summed E-state index contributed by atoms with van der Waals surface area (Å²) in [5, 5.41) is 1.95. The van der Waals surface area contributed by atoms with Gasteiger partial charge in [-0.15, -0.1) is 0 Å². The van der Waals surface area contributed by atoms with E-state index in [0.29, 0.717) is 0 Å². The van der Waals surface area contributed by atoms with Crippen molar-refractivity contribution in [3.63, 3.8) is 0 Å². The summed E-state index contributed by atoms with van der Waals surface area (Å²) in [6.45, 7) is 0. The van der Waals surface area contributed by atoms with Gasteiger partial charge in [-0.2, -0.15) is 0 Å². The summed E-state index contributed by atoms with van der Waals surface area (Å²) in [5.74, 6) is 0. The molecule has 0 aliphatic heterocycles. The molecule has 0 heterocycles. The monoisotopic (exact) mass is 514 g/mol. The fourth-order valence-electron chi connectivity index (χ4n) is 0.0136. The maximum atomic E-state index is 4.77. The zero-order chi connectivity index (χ0) is 4.12. The van der Waals surface area contributed by atoms with Crippen LogP contribution in [0.5, 0.6) is 0 Å². The molecule has 5 heteroatoms. The van der Waals surface area contributed by atoms with Crippen molar-refractivity contribution in [3.05, 3.63) is 0 Å². The SMILES string of the molecule is [S]=[Bi][S][Bi]=[S]. The average molecular weight is 514 g/mol.